The van der Waals surface area contributed by atoms with Gasteiger partial charge in [0.05, 0.1) is 11.7 Å². The lowest BCUT2D eigenvalue weighted by atomic mass is 10.3. The molecule has 0 aromatic carbocycles. The normalized spacial score (nSPS) is 12.4. The third-order valence-corrected chi connectivity index (χ3v) is 4.78. The average molecular weight is 282 g/mol. The number of carboxylic acids is 1. The first kappa shape index (κ1) is 13.0. The molecule has 0 aliphatic heterocycles. The molecule has 0 fully saturated rings. The summed E-state index contributed by atoms with van der Waals surface area (Å²) >= 11 is 2.91. The van der Waals surface area contributed by atoms with Gasteiger partial charge in [0.1, 0.15) is 4.88 Å². The Kier molecular flexibility index (Phi) is 3.68. The molecule has 0 saturated heterocycles. The second-order valence-corrected chi connectivity index (χ2v) is 6.37. The van der Waals surface area contributed by atoms with Crippen LogP contribution in [0.3, 0.4) is 0 Å². The second-order valence-electron chi connectivity index (χ2n) is 4.05. The van der Waals surface area contributed by atoms with E-state index in [0.717, 1.165) is 0 Å². The number of thiophene rings is 1. The molecule has 0 radical (unpaired) electrons. The van der Waals surface area contributed by atoms with Gasteiger partial charge in [0, 0.05) is 9.75 Å². The van der Waals surface area contributed by atoms with Crippen molar-refractivity contribution < 1.29 is 9.90 Å². The standard InChI is InChI=1S/C12H14N2O2S2/c1-6-4-5-9(17-6)7(2)13-12-14-8(3)10(18-12)11(15)16/h4-5,7H,1-3H3,(H,13,14)(H,15,16). The fraction of sp³-hybridized carbons (Fsp3) is 0.333. The van der Waals surface area contributed by atoms with Crippen molar-refractivity contribution in [2.45, 2.75) is 26.8 Å². The Bertz CT molecular complexity index is 574. The van der Waals surface area contributed by atoms with Crippen LogP contribution < -0.4 is 5.32 Å². The number of aromatic nitrogens is 1. The van der Waals surface area contributed by atoms with Crippen LogP contribution in [0.4, 0.5) is 5.13 Å². The number of aromatic carboxylic acids is 1. The third-order valence-electron chi connectivity index (χ3n) is 2.52. The van der Waals surface area contributed by atoms with Gasteiger partial charge in [-0.25, -0.2) is 9.78 Å². The maximum absolute atomic E-state index is 10.9. The summed E-state index contributed by atoms with van der Waals surface area (Å²) < 4.78 is 0. The minimum atomic E-state index is -0.919. The van der Waals surface area contributed by atoms with Crippen LogP contribution in [-0.2, 0) is 0 Å². The minimum Gasteiger partial charge on any atom is -0.477 e. The van der Waals surface area contributed by atoms with Crippen LogP contribution in [0.15, 0.2) is 12.1 Å². The fourth-order valence-electron chi connectivity index (χ4n) is 1.60. The number of nitrogens with one attached hydrogen (secondary N) is 1. The molecule has 0 spiro atoms. The monoisotopic (exact) mass is 282 g/mol. The first-order valence-electron chi connectivity index (χ1n) is 5.51. The van der Waals surface area contributed by atoms with E-state index < -0.39 is 5.97 Å². The van der Waals surface area contributed by atoms with E-state index in [1.54, 1.807) is 18.3 Å². The summed E-state index contributed by atoms with van der Waals surface area (Å²) in [5, 5.41) is 12.9. The molecule has 2 rings (SSSR count). The molecule has 2 aromatic rings. The molecule has 1 atom stereocenters. The summed E-state index contributed by atoms with van der Waals surface area (Å²) in [5.74, 6) is -0.919. The van der Waals surface area contributed by atoms with Crippen molar-refractivity contribution in [1.29, 1.82) is 0 Å². The zero-order valence-electron chi connectivity index (χ0n) is 10.4. The Labute approximate surface area is 113 Å². The summed E-state index contributed by atoms with van der Waals surface area (Å²) in [6.07, 6.45) is 0. The summed E-state index contributed by atoms with van der Waals surface area (Å²) in [6, 6.07) is 4.29. The lowest BCUT2D eigenvalue weighted by Crippen LogP contribution is -2.04. The zero-order valence-corrected chi connectivity index (χ0v) is 12.0. The maximum Gasteiger partial charge on any atom is 0.347 e. The lowest BCUT2D eigenvalue weighted by Gasteiger charge is -2.10. The highest BCUT2D eigenvalue weighted by Crippen LogP contribution is 2.29. The van der Waals surface area contributed by atoms with Gasteiger partial charge in [-0.05, 0) is 32.9 Å². The van der Waals surface area contributed by atoms with Crippen molar-refractivity contribution >= 4 is 33.8 Å². The molecule has 2 N–H and O–H groups in total. The largest absolute Gasteiger partial charge is 0.477 e. The Hall–Kier alpha value is -1.40. The predicted octanol–water partition coefficient (Wildman–Crippen LogP) is 3.69. The molecule has 4 nitrogen and oxygen atoms in total. The van der Waals surface area contributed by atoms with Crippen LogP contribution in [0.1, 0.15) is 38.1 Å². The minimum absolute atomic E-state index is 0.135. The van der Waals surface area contributed by atoms with Gasteiger partial charge in [0.15, 0.2) is 5.13 Å². The Morgan fingerprint density at radius 3 is 2.61 bits per heavy atom. The van der Waals surface area contributed by atoms with Crippen LogP contribution in [0.5, 0.6) is 0 Å². The van der Waals surface area contributed by atoms with E-state index in [0.29, 0.717) is 15.7 Å². The molecule has 0 bridgehead atoms. The molecule has 6 heteroatoms. The van der Waals surface area contributed by atoms with E-state index in [2.05, 4.69) is 29.4 Å². The van der Waals surface area contributed by atoms with Crippen molar-refractivity contribution in [1.82, 2.24) is 4.98 Å². The van der Waals surface area contributed by atoms with Gasteiger partial charge in [0.2, 0.25) is 0 Å². The molecule has 1 unspecified atom stereocenters. The smallest absolute Gasteiger partial charge is 0.347 e. The average Bonchev–Trinajstić information content (AvgIpc) is 2.85. The van der Waals surface area contributed by atoms with E-state index in [-0.39, 0.29) is 6.04 Å². The number of rotatable bonds is 4. The number of nitrogens with zero attached hydrogens (tertiary/aromatic N) is 1. The number of hydrogen-bond donors (Lipinski definition) is 2. The SMILES string of the molecule is Cc1ccc(C(C)Nc2nc(C)c(C(=O)O)s2)s1. The van der Waals surface area contributed by atoms with Gasteiger partial charge < -0.3 is 10.4 Å². The zero-order chi connectivity index (χ0) is 13.3. The van der Waals surface area contributed by atoms with Gasteiger partial charge in [0.25, 0.3) is 0 Å². The number of thiazole rings is 1. The highest BCUT2D eigenvalue weighted by Gasteiger charge is 2.16. The molecule has 2 aromatic heterocycles. The first-order valence-corrected chi connectivity index (χ1v) is 7.14. The molecule has 96 valence electrons. The van der Waals surface area contributed by atoms with Gasteiger partial charge in [-0.2, -0.15) is 0 Å². The summed E-state index contributed by atoms with van der Waals surface area (Å²) in [4.78, 5) is 18.0. The quantitative estimate of drug-likeness (QED) is 0.897. The predicted molar refractivity (Wildman–Crippen MR) is 74.9 cm³/mol. The molecule has 0 amide bonds. The first-order chi connectivity index (χ1) is 8.47. The Balaban J connectivity index is 2.14. The molecular weight excluding hydrogens is 268 g/mol. The third kappa shape index (κ3) is 2.70. The molecule has 0 aliphatic rings. The number of anilines is 1. The highest BCUT2D eigenvalue weighted by atomic mass is 32.1. The van der Waals surface area contributed by atoms with E-state index in [4.69, 9.17) is 5.11 Å². The van der Waals surface area contributed by atoms with Crippen molar-refractivity contribution in [3.8, 4) is 0 Å². The van der Waals surface area contributed by atoms with Crippen LogP contribution in [-0.4, -0.2) is 16.1 Å². The van der Waals surface area contributed by atoms with Gasteiger partial charge in [-0.1, -0.05) is 11.3 Å². The fourth-order valence-corrected chi connectivity index (χ4v) is 3.37. The van der Waals surface area contributed by atoms with Gasteiger partial charge in [-0.3, -0.25) is 0 Å². The van der Waals surface area contributed by atoms with Crippen molar-refractivity contribution in [3.63, 3.8) is 0 Å². The van der Waals surface area contributed by atoms with E-state index in [1.807, 2.05) is 6.92 Å². The van der Waals surface area contributed by atoms with Crippen molar-refractivity contribution in [3.05, 3.63) is 32.5 Å². The summed E-state index contributed by atoms with van der Waals surface area (Å²) in [6.45, 7) is 5.82. The van der Waals surface area contributed by atoms with E-state index in [1.165, 1.54) is 21.1 Å². The lowest BCUT2D eigenvalue weighted by molar-refractivity contribution is 0.0701. The van der Waals surface area contributed by atoms with Crippen molar-refractivity contribution in [2.24, 2.45) is 0 Å². The summed E-state index contributed by atoms with van der Waals surface area (Å²) in [5.41, 5.74) is 0.560. The van der Waals surface area contributed by atoms with E-state index in [9.17, 15) is 4.79 Å². The van der Waals surface area contributed by atoms with Gasteiger partial charge in [-0.15, -0.1) is 11.3 Å². The molecule has 0 saturated carbocycles. The topological polar surface area (TPSA) is 62.2 Å². The number of hydrogen-bond acceptors (Lipinski definition) is 5. The molecule has 2 heterocycles. The van der Waals surface area contributed by atoms with Crippen LogP contribution in [0, 0.1) is 13.8 Å². The maximum atomic E-state index is 10.9. The van der Waals surface area contributed by atoms with Crippen LogP contribution in [0.25, 0.3) is 0 Å². The Morgan fingerprint density at radius 1 is 1.39 bits per heavy atom. The van der Waals surface area contributed by atoms with Gasteiger partial charge >= 0.3 is 5.97 Å². The molecule has 0 aliphatic carbocycles. The second kappa shape index (κ2) is 5.07. The summed E-state index contributed by atoms with van der Waals surface area (Å²) in [7, 11) is 0. The number of carboxylic acid groups (broad SMARTS) is 1. The van der Waals surface area contributed by atoms with Crippen molar-refractivity contribution in [2.75, 3.05) is 5.32 Å². The van der Waals surface area contributed by atoms with Crippen LogP contribution in [0.2, 0.25) is 0 Å². The molecule has 18 heavy (non-hydrogen) atoms. The molecular formula is C12H14N2O2S2. The highest BCUT2D eigenvalue weighted by molar-refractivity contribution is 7.17. The number of carbonyl (C=O) groups is 1. The Morgan fingerprint density at radius 2 is 2.11 bits per heavy atom. The van der Waals surface area contributed by atoms with Crippen LogP contribution >= 0.6 is 22.7 Å². The number of aryl methyl sites for hydroxylation is 2. The van der Waals surface area contributed by atoms with E-state index >= 15 is 0 Å².